The molecule has 0 bridgehead atoms. The molecule has 2 aliphatic carbocycles. The molecule has 4 nitrogen and oxygen atoms in total. The first-order valence-electron chi connectivity index (χ1n) is 8.34. The molecule has 0 aliphatic heterocycles. The lowest BCUT2D eigenvalue weighted by Crippen LogP contribution is -2.19. The molecule has 1 aromatic rings. The number of hydrogen-bond donors (Lipinski definition) is 1. The van der Waals surface area contributed by atoms with Crippen LogP contribution in [-0.4, -0.2) is 18.5 Å². The predicted octanol–water partition coefficient (Wildman–Crippen LogP) is 4.03. The van der Waals surface area contributed by atoms with Gasteiger partial charge < -0.3 is 10.1 Å². The molecule has 1 heterocycles. The summed E-state index contributed by atoms with van der Waals surface area (Å²) >= 11 is 1.54. The van der Waals surface area contributed by atoms with Crippen molar-refractivity contribution in [3.05, 3.63) is 16.0 Å². The first-order valence-corrected chi connectivity index (χ1v) is 9.16. The molecule has 1 amide bonds. The van der Waals surface area contributed by atoms with Crippen molar-refractivity contribution in [2.24, 2.45) is 16.7 Å². The Balaban J connectivity index is 1.87. The van der Waals surface area contributed by atoms with Crippen LogP contribution in [0, 0.1) is 16.7 Å². The van der Waals surface area contributed by atoms with E-state index in [1.807, 2.05) is 0 Å². The number of ether oxygens (including phenoxy) is 1. The molecular weight excluding hydrogens is 310 g/mol. The Kier molecular flexibility index (Phi) is 3.82. The van der Waals surface area contributed by atoms with Gasteiger partial charge in [0.15, 0.2) is 0 Å². The van der Waals surface area contributed by atoms with E-state index < -0.39 is 0 Å². The van der Waals surface area contributed by atoms with Crippen LogP contribution >= 0.6 is 11.3 Å². The second-order valence-electron chi connectivity index (χ2n) is 7.65. The van der Waals surface area contributed by atoms with E-state index >= 15 is 0 Å². The second kappa shape index (κ2) is 5.33. The van der Waals surface area contributed by atoms with Gasteiger partial charge in [-0.1, -0.05) is 27.7 Å². The van der Waals surface area contributed by atoms with E-state index in [1.165, 1.54) is 4.88 Å². The van der Waals surface area contributed by atoms with Gasteiger partial charge in [0.1, 0.15) is 5.00 Å². The Morgan fingerprint density at radius 3 is 2.43 bits per heavy atom. The number of carbonyl (C=O) groups excluding carboxylic acids is 2. The van der Waals surface area contributed by atoms with Crippen LogP contribution < -0.4 is 5.32 Å². The maximum Gasteiger partial charge on any atom is 0.341 e. The summed E-state index contributed by atoms with van der Waals surface area (Å²) in [5.74, 6) is -0.316. The van der Waals surface area contributed by atoms with Crippen LogP contribution in [0.5, 0.6) is 0 Å². The molecule has 0 radical (unpaired) electrons. The number of hydrogen-bond acceptors (Lipinski definition) is 4. The number of fused-ring (bicyclic) bond motifs is 1. The molecule has 23 heavy (non-hydrogen) atoms. The summed E-state index contributed by atoms with van der Waals surface area (Å²) in [6.45, 7) is 10.6. The highest BCUT2D eigenvalue weighted by Gasteiger charge is 2.68. The Labute approximate surface area is 141 Å². The van der Waals surface area contributed by atoms with E-state index in [0.717, 1.165) is 24.8 Å². The molecule has 0 atom stereocenters. The smallest absolute Gasteiger partial charge is 0.341 e. The summed E-state index contributed by atoms with van der Waals surface area (Å²) in [5, 5.41) is 3.71. The Morgan fingerprint density at radius 1 is 1.22 bits per heavy atom. The van der Waals surface area contributed by atoms with E-state index in [4.69, 9.17) is 4.74 Å². The molecule has 3 rings (SSSR count). The minimum absolute atomic E-state index is 0.0127. The summed E-state index contributed by atoms with van der Waals surface area (Å²) in [4.78, 5) is 26.3. The molecule has 1 fully saturated rings. The fraction of sp³-hybridized carbons (Fsp3) is 0.667. The molecule has 1 aromatic heterocycles. The Hall–Kier alpha value is -1.36. The highest BCUT2D eigenvalue weighted by atomic mass is 32.1. The third-order valence-electron chi connectivity index (χ3n) is 5.92. The van der Waals surface area contributed by atoms with Crippen molar-refractivity contribution in [2.75, 3.05) is 11.9 Å². The van der Waals surface area contributed by atoms with Gasteiger partial charge in [0.2, 0.25) is 5.91 Å². The number of esters is 1. The van der Waals surface area contributed by atoms with E-state index in [0.29, 0.717) is 17.2 Å². The Morgan fingerprint density at radius 2 is 1.87 bits per heavy atom. The topological polar surface area (TPSA) is 55.4 Å². The Bertz CT molecular complexity index is 658. The monoisotopic (exact) mass is 335 g/mol. The summed E-state index contributed by atoms with van der Waals surface area (Å²) < 4.78 is 5.21. The van der Waals surface area contributed by atoms with Crippen molar-refractivity contribution in [2.45, 2.75) is 53.9 Å². The molecule has 0 unspecified atom stereocenters. The highest BCUT2D eigenvalue weighted by Crippen LogP contribution is 2.68. The molecule has 126 valence electrons. The van der Waals surface area contributed by atoms with E-state index in [-0.39, 0.29) is 28.6 Å². The third-order valence-corrected chi connectivity index (χ3v) is 7.13. The van der Waals surface area contributed by atoms with Gasteiger partial charge in [0, 0.05) is 10.8 Å². The van der Waals surface area contributed by atoms with Crippen LogP contribution in [-0.2, 0) is 22.4 Å². The molecule has 1 saturated carbocycles. The first-order chi connectivity index (χ1) is 10.7. The molecule has 0 aromatic carbocycles. The van der Waals surface area contributed by atoms with Crippen LogP contribution in [0.2, 0.25) is 0 Å². The maximum atomic E-state index is 12.7. The number of nitrogens with one attached hydrogen (secondary N) is 1. The summed E-state index contributed by atoms with van der Waals surface area (Å²) in [5.41, 5.74) is 1.65. The molecule has 0 spiro atoms. The summed E-state index contributed by atoms with van der Waals surface area (Å²) in [7, 11) is 0. The van der Waals surface area contributed by atoms with Crippen molar-refractivity contribution in [3.63, 3.8) is 0 Å². The zero-order valence-corrected chi connectivity index (χ0v) is 15.4. The SMILES string of the molecule is CCOC(=O)c1c(NC(=O)C2C(C)(C)C2(C)C)sc2c1CCC2. The third kappa shape index (κ3) is 2.40. The van der Waals surface area contributed by atoms with Crippen molar-refractivity contribution in [1.82, 2.24) is 0 Å². The number of amides is 1. The minimum atomic E-state index is -0.309. The largest absolute Gasteiger partial charge is 0.462 e. The predicted molar refractivity (Wildman–Crippen MR) is 92.0 cm³/mol. The number of carbonyl (C=O) groups is 2. The fourth-order valence-electron chi connectivity index (χ4n) is 3.95. The second-order valence-corrected chi connectivity index (χ2v) is 8.75. The number of thiophene rings is 1. The quantitative estimate of drug-likeness (QED) is 0.845. The van der Waals surface area contributed by atoms with Gasteiger partial charge >= 0.3 is 5.97 Å². The lowest BCUT2D eigenvalue weighted by molar-refractivity contribution is -0.118. The van der Waals surface area contributed by atoms with Gasteiger partial charge in [0.25, 0.3) is 0 Å². The zero-order chi connectivity index (χ0) is 17.0. The van der Waals surface area contributed by atoms with Gasteiger partial charge in [-0.3, -0.25) is 4.79 Å². The average molecular weight is 335 g/mol. The van der Waals surface area contributed by atoms with Gasteiger partial charge in [-0.25, -0.2) is 4.79 Å². The van der Waals surface area contributed by atoms with Crippen LogP contribution in [0.4, 0.5) is 5.00 Å². The van der Waals surface area contributed by atoms with Crippen molar-refractivity contribution < 1.29 is 14.3 Å². The highest BCUT2D eigenvalue weighted by molar-refractivity contribution is 7.17. The summed E-state index contributed by atoms with van der Waals surface area (Å²) in [6, 6.07) is 0. The van der Waals surface area contributed by atoms with Crippen LogP contribution in [0.25, 0.3) is 0 Å². The van der Waals surface area contributed by atoms with E-state index in [9.17, 15) is 9.59 Å². The standard InChI is InChI=1S/C18H25NO3S/c1-6-22-16(21)12-10-8-7-9-11(10)23-15(12)19-14(20)13-17(2,3)18(13,4)5/h13H,6-9H2,1-5H3,(H,19,20). The number of anilines is 1. The van der Waals surface area contributed by atoms with Crippen molar-refractivity contribution in [3.8, 4) is 0 Å². The number of aryl methyl sites for hydroxylation is 1. The van der Waals surface area contributed by atoms with E-state index in [1.54, 1.807) is 18.3 Å². The lowest BCUT2D eigenvalue weighted by atomic mass is 10.0. The number of rotatable bonds is 4. The van der Waals surface area contributed by atoms with Gasteiger partial charge in [0.05, 0.1) is 12.2 Å². The first kappa shape index (κ1) is 16.5. The molecule has 5 heteroatoms. The van der Waals surface area contributed by atoms with Crippen molar-refractivity contribution >= 4 is 28.2 Å². The van der Waals surface area contributed by atoms with E-state index in [2.05, 4.69) is 33.0 Å². The fourth-order valence-corrected chi connectivity index (χ4v) is 5.23. The minimum Gasteiger partial charge on any atom is -0.462 e. The normalized spacial score (nSPS) is 20.9. The summed E-state index contributed by atoms with van der Waals surface area (Å²) in [6.07, 6.45) is 2.96. The van der Waals surface area contributed by atoms with Crippen LogP contribution in [0.1, 0.15) is 61.8 Å². The van der Waals surface area contributed by atoms with Crippen LogP contribution in [0.3, 0.4) is 0 Å². The molecule has 1 N–H and O–H groups in total. The van der Waals surface area contributed by atoms with Gasteiger partial charge in [-0.2, -0.15) is 0 Å². The molecule has 2 aliphatic rings. The molecular formula is C18H25NO3S. The van der Waals surface area contributed by atoms with Crippen molar-refractivity contribution in [1.29, 1.82) is 0 Å². The zero-order valence-electron chi connectivity index (χ0n) is 14.5. The van der Waals surface area contributed by atoms with Crippen LogP contribution in [0.15, 0.2) is 0 Å². The van der Waals surface area contributed by atoms with Gasteiger partial charge in [-0.05, 0) is 42.6 Å². The maximum absolute atomic E-state index is 12.7. The average Bonchev–Trinajstić information content (AvgIpc) is 2.80. The van der Waals surface area contributed by atoms with Gasteiger partial charge in [-0.15, -0.1) is 11.3 Å². The molecule has 0 saturated heterocycles. The lowest BCUT2D eigenvalue weighted by Gasteiger charge is -2.09.